The number of carbonyl (C=O) groups is 1. The molecule has 0 fully saturated rings. The van der Waals surface area contributed by atoms with E-state index in [1.807, 2.05) is 13.8 Å². The Morgan fingerprint density at radius 1 is 1.57 bits per heavy atom. The topological polar surface area (TPSA) is 72.7 Å². The summed E-state index contributed by atoms with van der Waals surface area (Å²) >= 11 is 0. The Bertz CT molecular complexity index is 306. The van der Waals surface area contributed by atoms with Gasteiger partial charge in [-0.2, -0.15) is 0 Å². The van der Waals surface area contributed by atoms with Gasteiger partial charge in [0.2, 0.25) is 5.91 Å². The zero-order chi connectivity index (χ0) is 10.6. The van der Waals surface area contributed by atoms with E-state index < -0.39 is 0 Å². The van der Waals surface area contributed by atoms with Crippen LogP contribution in [-0.2, 0) is 18.4 Å². The number of nitrogens with one attached hydrogen (secondary N) is 1. The molecule has 1 amide bonds. The SMILES string of the molecule is CC(C)CC(=O)NCc1nnnn1C. The standard InChI is InChI=1S/C8H15N5O/c1-6(2)4-8(14)9-5-7-10-11-12-13(7)3/h6H,4-5H2,1-3H3,(H,9,14). The molecule has 6 heteroatoms. The van der Waals surface area contributed by atoms with Gasteiger partial charge in [-0.15, -0.1) is 5.10 Å². The van der Waals surface area contributed by atoms with Crippen LogP contribution >= 0.6 is 0 Å². The molecule has 0 saturated carbocycles. The third kappa shape index (κ3) is 3.12. The summed E-state index contributed by atoms with van der Waals surface area (Å²) in [5.74, 6) is 1.05. The summed E-state index contributed by atoms with van der Waals surface area (Å²) in [5, 5.41) is 13.6. The number of aromatic nitrogens is 4. The monoisotopic (exact) mass is 197 g/mol. The molecule has 0 aliphatic heterocycles. The Kier molecular flexibility index (Phi) is 3.55. The van der Waals surface area contributed by atoms with Crippen LogP contribution in [0.4, 0.5) is 0 Å². The minimum absolute atomic E-state index is 0.0306. The molecule has 1 rings (SSSR count). The summed E-state index contributed by atoms with van der Waals surface area (Å²) in [7, 11) is 1.74. The molecule has 6 nitrogen and oxygen atoms in total. The van der Waals surface area contributed by atoms with Gasteiger partial charge in [-0.05, 0) is 16.3 Å². The van der Waals surface area contributed by atoms with Gasteiger partial charge in [-0.25, -0.2) is 4.68 Å². The van der Waals surface area contributed by atoms with Crippen molar-refractivity contribution in [1.29, 1.82) is 0 Å². The fraction of sp³-hybridized carbons (Fsp3) is 0.750. The Morgan fingerprint density at radius 2 is 2.29 bits per heavy atom. The Hall–Kier alpha value is -1.46. The van der Waals surface area contributed by atoms with Gasteiger partial charge in [0, 0.05) is 13.5 Å². The van der Waals surface area contributed by atoms with Crippen LogP contribution in [0.5, 0.6) is 0 Å². The first-order valence-corrected chi connectivity index (χ1v) is 4.57. The molecule has 1 aromatic heterocycles. The molecule has 78 valence electrons. The van der Waals surface area contributed by atoms with Crippen LogP contribution in [0.3, 0.4) is 0 Å². The highest BCUT2D eigenvalue weighted by Crippen LogP contribution is 1.98. The van der Waals surface area contributed by atoms with E-state index in [0.29, 0.717) is 24.7 Å². The number of hydrogen-bond acceptors (Lipinski definition) is 4. The van der Waals surface area contributed by atoms with Crippen molar-refractivity contribution < 1.29 is 4.79 Å². The fourth-order valence-electron chi connectivity index (χ4n) is 1.02. The highest BCUT2D eigenvalue weighted by atomic mass is 16.1. The lowest BCUT2D eigenvalue weighted by Gasteiger charge is -2.05. The first-order chi connectivity index (χ1) is 6.59. The normalized spacial score (nSPS) is 10.6. The largest absolute Gasteiger partial charge is 0.349 e. The number of tetrazole rings is 1. The van der Waals surface area contributed by atoms with E-state index >= 15 is 0 Å². The minimum Gasteiger partial charge on any atom is -0.349 e. The van der Waals surface area contributed by atoms with E-state index in [9.17, 15) is 4.79 Å². The van der Waals surface area contributed by atoms with E-state index in [-0.39, 0.29) is 5.91 Å². The van der Waals surface area contributed by atoms with E-state index in [1.165, 1.54) is 4.68 Å². The van der Waals surface area contributed by atoms with Crippen molar-refractivity contribution in [2.24, 2.45) is 13.0 Å². The van der Waals surface area contributed by atoms with E-state index in [2.05, 4.69) is 20.8 Å². The third-order valence-electron chi connectivity index (χ3n) is 1.75. The maximum atomic E-state index is 11.3. The van der Waals surface area contributed by atoms with Crippen molar-refractivity contribution in [3.63, 3.8) is 0 Å². The van der Waals surface area contributed by atoms with Crippen molar-refractivity contribution in [3.8, 4) is 0 Å². The van der Waals surface area contributed by atoms with Crippen LogP contribution in [0, 0.1) is 5.92 Å². The molecule has 1 N–H and O–H groups in total. The molecule has 0 saturated heterocycles. The second-order valence-corrected chi connectivity index (χ2v) is 3.59. The Labute approximate surface area is 82.7 Å². The third-order valence-corrected chi connectivity index (χ3v) is 1.75. The number of amides is 1. The number of nitrogens with zero attached hydrogens (tertiary/aromatic N) is 4. The summed E-state index contributed by atoms with van der Waals surface area (Å²) in [4.78, 5) is 11.3. The number of hydrogen-bond donors (Lipinski definition) is 1. The van der Waals surface area contributed by atoms with Gasteiger partial charge in [0.1, 0.15) is 0 Å². The van der Waals surface area contributed by atoms with E-state index in [4.69, 9.17) is 0 Å². The first kappa shape index (κ1) is 10.6. The van der Waals surface area contributed by atoms with Crippen molar-refractivity contribution >= 4 is 5.91 Å². The maximum absolute atomic E-state index is 11.3. The quantitative estimate of drug-likeness (QED) is 0.730. The highest BCUT2D eigenvalue weighted by molar-refractivity contribution is 5.75. The Balaban J connectivity index is 2.34. The average Bonchev–Trinajstić information content (AvgIpc) is 2.46. The maximum Gasteiger partial charge on any atom is 0.220 e. The van der Waals surface area contributed by atoms with Crippen molar-refractivity contribution in [3.05, 3.63) is 5.82 Å². The van der Waals surface area contributed by atoms with Crippen LogP contribution < -0.4 is 5.32 Å². The molecule has 0 unspecified atom stereocenters. The van der Waals surface area contributed by atoms with Gasteiger partial charge < -0.3 is 5.32 Å². The average molecular weight is 197 g/mol. The van der Waals surface area contributed by atoms with E-state index in [0.717, 1.165) is 0 Å². The van der Waals surface area contributed by atoms with Crippen LogP contribution in [0.1, 0.15) is 26.1 Å². The molecule has 0 radical (unpaired) electrons. The lowest BCUT2D eigenvalue weighted by molar-refractivity contribution is -0.122. The zero-order valence-corrected chi connectivity index (χ0v) is 8.69. The molecule has 0 aliphatic carbocycles. The summed E-state index contributed by atoms with van der Waals surface area (Å²) in [6.45, 7) is 4.39. The first-order valence-electron chi connectivity index (χ1n) is 4.57. The summed E-state index contributed by atoms with van der Waals surface area (Å²) in [5.41, 5.74) is 0. The van der Waals surface area contributed by atoms with Crippen LogP contribution in [-0.4, -0.2) is 26.1 Å². The lowest BCUT2D eigenvalue weighted by Crippen LogP contribution is -2.25. The number of rotatable bonds is 4. The molecule has 0 aliphatic rings. The van der Waals surface area contributed by atoms with Crippen molar-refractivity contribution in [2.45, 2.75) is 26.8 Å². The Morgan fingerprint density at radius 3 is 2.79 bits per heavy atom. The smallest absolute Gasteiger partial charge is 0.220 e. The summed E-state index contributed by atoms with van der Waals surface area (Å²) < 4.78 is 1.54. The molecule has 1 aromatic rings. The lowest BCUT2D eigenvalue weighted by atomic mass is 10.1. The van der Waals surface area contributed by atoms with Crippen molar-refractivity contribution in [2.75, 3.05) is 0 Å². The number of aryl methyl sites for hydroxylation is 1. The summed E-state index contributed by atoms with van der Waals surface area (Å²) in [6.07, 6.45) is 0.533. The molecule has 0 atom stereocenters. The van der Waals surface area contributed by atoms with E-state index in [1.54, 1.807) is 7.05 Å². The zero-order valence-electron chi connectivity index (χ0n) is 8.69. The van der Waals surface area contributed by atoms with Gasteiger partial charge in [-0.1, -0.05) is 13.8 Å². The fourth-order valence-corrected chi connectivity index (χ4v) is 1.02. The molecule has 0 spiro atoms. The molecule has 14 heavy (non-hydrogen) atoms. The number of carbonyl (C=O) groups excluding carboxylic acids is 1. The summed E-state index contributed by atoms with van der Waals surface area (Å²) in [6, 6.07) is 0. The van der Waals surface area contributed by atoms with Gasteiger partial charge in [0.15, 0.2) is 5.82 Å². The molecular formula is C8H15N5O. The van der Waals surface area contributed by atoms with Gasteiger partial charge in [-0.3, -0.25) is 4.79 Å². The van der Waals surface area contributed by atoms with Crippen LogP contribution in [0.25, 0.3) is 0 Å². The second kappa shape index (κ2) is 4.69. The van der Waals surface area contributed by atoms with Crippen LogP contribution in [0.15, 0.2) is 0 Å². The van der Waals surface area contributed by atoms with Crippen molar-refractivity contribution in [1.82, 2.24) is 25.5 Å². The van der Waals surface area contributed by atoms with Gasteiger partial charge in [0.05, 0.1) is 6.54 Å². The highest BCUT2D eigenvalue weighted by Gasteiger charge is 2.06. The van der Waals surface area contributed by atoms with Gasteiger partial charge >= 0.3 is 0 Å². The predicted molar refractivity (Wildman–Crippen MR) is 50.1 cm³/mol. The predicted octanol–water partition coefficient (Wildman–Crippen LogP) is -0.128. The molecule has 0 bridgehead atoms. The van der Waals surface area contributed by atoms with Crippen LogP contribution in [0.2, 0.25) is 0 Å². The molecule has 0 aromatic carbocycles. The molecule has 1 heterocycles. The minimum atomic E-state index is 0.0306. The molecular weight excluding hydrogens is 182 g/mol. The van der Waals surface area contributed by atoms with Gasteiger partial charge in [0.25, 0.3) is 0 Å². The second-order valence-electron chi connectivity index (χ2n) is 3.59.